The van der Waals surface area contributed by atoms with E-state index in [1.54, 1.807) is 0 Å². The third-order valence-corrected chi connectivity index (χ3v) is 5.60. The zero-order valence-electron chi connectivity index (χ0n) is 13.1. The second kappa shape index (κ2) is 6.30. The fourth-order valence-corrected chi connectivity index (χ4v) is 4.33. The smallest absolute Gasteiger partial charge is 0.0294 e. The summed E-state index contributed by atoms with van der Waals surface area (Å²) in [5.41, 5.74) is 2.78. The van der Waals surface area contributed by atoms with Gasteiger partial charge < -0.3 is 5.32 Å². The van der Waals surface area contributed by atoms with Crippen LogP contribution < -0.4 is 5.32 Å². The molecule has 0 saturated heterocycles. The summed E-state index contributed by atoms with van der Waals surface area (Å²) in [6, 6.07) is 10.2. The van der Waals surface area contributed by atoms with Crippen molar-refractivity contribution in [1.29, 1.82) is 0 Å². The molecule has 20 heavy (non-hydrogen) atoms. The van der Waals surface area contributed by atoms with Gasteiger partial charge in [-0.3, -0.25) is 0 Å². The average Bonchev–Trinajstić information content (AvgIpc) is 2.48. The van der Waals surface area contributed by atoms with Crippen LogP contribution in [0.1, 0.15) is 69.0 Å². The van der Waals surface area contributed by atoms with Gasteiger partial charge >= 0.3 is 0 Å². The summed E-state index contributed by atoms with van der Waals surface area (Å²) in [6.07, 6.45) is 10.2. The molecule has 2 saturated carbocycles. The van der Waals surface area contributed by atoms with Crippen molar-refractivity contribution in [3.63, 3.8) is 0 Å². The van der Waals surface area contributed by atoms with Gasteiger partial charge in [0, 0.05) is 12.1 Å². The molecule has 3 unspecified atom stereocenters. The van der Waals surface area contributed by atoms with Crippen molar-refractivity contribution in [2.75, 3.05) is 0 Å². The summed E-state index contributed by atoms with van der Waals surface area (Å²) in [5, 5.41) is 3.89. The molecule has 2 fully saturated rings. The normalized spacial score (nSPS) is 31.6. The molecule has 0 aliphatic heterocycles. The van der Waals surface area contributed by atoms with Gasteiger partial charge in [-0.1, -0.05) is 55.5 Å². The van der Waals surface area contributed by atoms with Crippen LogP contribution in [-0.4, -0.2) is 6.04 Å². The Morgan fingerprint density at radius 3 is 2.40 bits per heavy atom. The second-order valence-electron chi connectivity index (χ2n) is 7.11. The Hall–Kier alpha value is -0.820. The lowest BCUT2D eigenvalue weighted by Gasteiger charge is -2.40. The number of benzene rings is 1. The largest absolute Gasteiger partial charge is 0.307 e. The number of hydrogen-bond acceptors (Lipinski definition) is 1. The van der Waals surface area contributed by atoms with E-state index in [1.807, 2.05) is 0 Å². The number of nitrogens with one attached hydrogen (secondary N) is 1. The highest BCUT2D eigenvalue weighted by atomic mass is 14.9. The van der Waals surface area contributed by atoms with E-state index in [2.05, 4.69) is 43.4 Å². The summed E-state index contributed by atoms with van der Waals surface area (Å²) >= 11 is 0. The maximum atomic E-state index is 3.89. The lowest BCUT2D eigenvalue weighted by atomic mass is 9.69. The topological polar surface area (TPSA) is 12.0 Å². The molecule has 0 radical (unpaired) electrons. The molecule has 0 aromatic heterocycles. The maximum absolute atomic E-state index is 3.89. The van der Waals surface area contributed by atoms with Gasteiger partial charge in [-0.15, -0.1) is 0 Å². The molecular formula is C19H29N. The van der Waals surface area contributed by atoms with Crippen LogP contribution in [0.3, 0.4) is 0 Å². The van der Waals surface area contributed by atoms with Gasteiger partial charge in [-0.05, 0) is 50.5 Å². The summed E-state index contributed by atoms with van der Waals surface area (Å²) in [7, 11) is 0. The first kappa shape index (κ1) is 14.1. The van der Waals surface area contributed by atoms with Crippen molar-refractivity contribution in [3.8, 4) is 0 Å². The molecule has 1 N–H and O–H groups in total. The minimum Gasteiger partial charge on any atom is -0.307 e. The molecule has 2 aliphatic carbocycles. The number of aryl methyl sites for hydroxylation is 1. The van der Waals surface area contributed by atoms with E-state index < -0.39 is 0 Å². The molecule has 0 amide bonds. The third-order valence-electron chi connectivity index (χ3n) is 5.60. The van der Waals surface area contributed by atoms with Gasteiger partial charge in [-0.2, -0.15) is 0 Å². The number of hydrogen-bond donors (Lipinski definition) is 1. The predicted molar refractivity (Wildman–Crippen MR) is 85.8 cm³/mol. The second-order valence-corrected chi connectivity index (χ2v) is 7.11. The SMILES string of the molecule is Cc1ccc([C@H](C)NC2CCC3CCCCC3C2)cc1. The molecule has 0 heterocycles. The molecule has 1 heteroatoms. The van der Waals surface area contributed by atoms with Crippen LogP contribution in [0.5, 0.6) is 0 Å². The molecule has 1 nitrogen and oxygen atoms in total. The highest BCUT2D eigenvalue weighted by Crippen LogP contribution is 2.40. The number of fused-ring (bicyclic) bond motifs is 1. The quantitative estimate of drug-likeness (QED) is 0.815. The standard InChI is InChI=1S/C19H29N/c1-14-7-9-16(10-8-14)15(2)20-19-12-11-17-5-3-4-6-18(17)13-19/h7-10,15,17-20H,3-6,11-13H2,1-2H3/t15-,17?,18?,19?/m0/s1. The first-order chi connectivity index (χ1) is 9.72. The Labute approximate surface area is 124 Å². The summed E-state index contributed by atoms with van der Waals surface area (Å²) in [4.78, 5) is 0. The van der Waals surface area contributed by atoms with Crippen LogP contribution in [0.2, 0.25) is 0 Å². The molecule has 0 bridgehead atoms. The van der Waals surface area contributed by atoms with Crippen molar-refractivity contribution in [2.45, 2.75) is 70.9 Å². The van der Waals surface area contributed by atoms with Crippen LogP contribution in [0, 0.1) is 18.8 Å². The Morgan fingerprint density at radius 2 is 1.65 bits per heavy atom. The van der Waals surface area contributed by atoms with Crippen LogP contribution in [0.4, 0.5) is 0 Å². The Balaban J connectivity index is 1.56. The molecule has 2 aliphatic rings. The van der Waals surface area contributed by atoms with Crippen molar-refractivity contribution in [2.24, 2.45) is 11.8 Å². The van der Waals surface area contributed by atoms with Gasteiger partial charge in [-0.25, -0.2) is 0 Å². The number of rotatable bonds is 3. The van der Waals surface area contributed by atoms with E-state index in [9.17, 15) is 0 Å². The van der Waals surface area contributed by atoms with Crippen molar-refractivity contribution in [1.82, 2.24) is 5.32 Å². The van der Waals surface area contributed by atoms with Gasteiger partial charge in [0.15, 0.2) is 0 Å². The predicted octanol–water partition coefficient (Wildman–Crippen LogP) is 5.00. The molecule has 1 aromatic carbocycles. The van der Waals surface area contributed by atoms with E-state index in [0.717, 1.165) is 17.9 Å². The highest BCUT2D eigenvalue weighted by Gasteiger charge is 2.32. The van der Waals surface area contributed by atoms with Crippen LogP contribution in [0.15, 0.2) is 24.3 Å². The minimum atomic E-state index is 0.487. The Bertz CT molecular complexity index is 422. The molecule has 110 valence electrons. The van der Waals surface area contributed by atoms with Gasteiger partial charge in [0.05, 0.1) is 0 Å². The van der Waals surface area contributed by atoms with E-state index in [1.165, 1.54) is 56.1 Å². The highest BCUT2D eigenvalue weighted by molar-refractivity contribution is 5.23. The van der Waals surface area contributed by atoms with E-state index in [4.69, 9.17) is 0 Å². The molecule has 3 rings (SSSR count). The van der Waals surface area contributed by atoms with Crippen molar-refractivity contribution >= 4 is 0 Å². The fraction of sp³-hybridized carbons (Fsp3) is 0.684. The molecule has 4 atom stereocenters. The summed E-state index contributed by atoms with van der Waals surface area (Å²) in [5.74, 6) is 2.07. The first-order valence-electron chi connectivity index (χ1n) is 8.55. The Kier molecular flexibility index (Phi) is 4.45. The van der Waals surface area contributed by atoms with E-state index in [0.29, 0.717) is 6.04 Å². The third kappa shape index (κ3) is 3.25. The molecule has 0 spiro atoms. The zero-order valence-corrected chi connectivity index (χ0v) is 13.1. The Morgan fingerprint density at radius 1 is 0.950 bits per heavy atom. The summed E-state index contributed by atoms with van der Waals surface area (Å²) in [6.45, 7) is 4.48. The first-order valence-corrected chi connectivity index (χ1v) is 8.55. The van der Waals surface area contributed by atoms with Crippen LogP contribution in [-0.2, 0) is 0 Å². The zero-order chi connectivity index (χ0) is 13.9. The van der Waals surface area contributed by atoms with E-state index in [-0.39, 0.29) is 0 Å². The van der Waals surface area contributed by atoms with Gasteiger partial charge in [0.1, 0.15) is 0 Å². The monoisotopic (exact) mass is 271 g/mol. The van der Waals surface area contributed by atoms with Gasteiger partial charge in [0.2, 0.25) is 0 Å². The minimum absolute atomic E-state index is 0.487. The lowest BCUT2D eigenvalue weighted by molar-refractivity contribution is 0.139. The lowest BCUT2D eigenvalue weighted by Crippen LogP contribution is -2.39. The maximum Gasteiger partial charge on any atom is 0.0294 e. The van der Waals surface area contributed by atoms with Crippen LogP contribution >= 0.6 is 0 Å². The van der Waals surface area contributed by atoms with Gasteiger partial charge in [0.25, 0.3) is 0 Å². The van der Waals surface area contributed by atoms with Crippen molar-refractivity contribution < 1.29 is 0 Å². The van der Waals surface area contributed by atoms with E-state index >= 15 is 0 Å². The molecular weight excluding hydrogens is 242 g/mol. The fourth-order valence-electron chi connectivity index (χ4n) is 4.33. The average molecular weight is 271 g/mol. The summed E-state index contributed by atoms with van der Waals surface area (Å²) < 4.78 is 0. The van der Waals surface area contributed by atoms with Crippen molar-refractivity contribution in [3.05, 3.63) is 35.4 Å². The van der Waals surface area contributed by atoms with Crippen LogP contribution in [0.25, 0.3) is 0 Å². The molecule has 1 aromatic rings.